The van der Waals surface area contributed by atoms with E-state index in [1.807, 2.05) is 24.8 Å². The van der Waals surface area contributed by atoms with E-state index in [0.717, 1.165) is 102 Å². The SMILES string of the molecule is CCNC(=O)C[C@@H]1N=C(c2ccc(CCCOC3CCN(C4/C=C/C(CC)/C=C(/C(=O)NCC5CCC(Oc6ccc(C#N)c(Cl)c6)CC5)CC4)CC3)cc2)C2C(C)C(C)SC2N2C(C)NNC12. The van der Waals surface area contributed by atoms with Crippen LogP contribution in [0.5, 0.6) is 5.75 Å². The summed E-state index contributed by atoms with van der Waals surface area (Å²) in [4.78, 5) is 37.2. The number of carbonyl (C=O) groups excluding carboxylic acids is 2. The minimum atomic E-state index is -0.198. The van der Waals surface area contributed by atoms with E-state index in [4.69, 9.17) is 31.3 Å². The van der Waals surface area contributed by atoms with Crippen molar-refractivity contribution in [2.24, 2.45) is 28.7 Å². The highest BCUT2D eigenvalue weighted by molar-refractivity contribution is 8.00. The molecule has 2 aliphatic carbocycles. The molecule has 0 spiro atoms. The standard InChI is InChI=1S/C54H75ClN8O4S/c1-6-37-12-19-43(20-17-41(29-37)53(65)58-33-39-13-21-45(22-14-39)67-46-23-18-42(32-56)47(55)30-46)62-26-24-44(25-27-62)66-28-8-9-38-10-15-40(16-11-38)51-50-34(3)35(4)68-54(50)63-36(5)60-61-52(63)48(59-51)31-49(64)57-7-2/h10-12,15-16,18-19,23,29-30,34-37,39,43-45,48,50,52,54,60-61H,6-9,13-14,17,20-22,24-28,31,33H2,1-5H3,(H,57,64)(H,58,65)/b19-12+,41-29+/t34?,35?,36?,37?,39?,43?,45?,48-,50?,52?,54?/m0/s1. The third-order valence-electron chi connectivity index (χ3n) is 15.6. The Labute approximate surface area is 414 Å². The Bertz CT molecular complexity index is 2170. The van der Waals surface area contributed by atoms with Crippen LogP contribution in [0.4, 0.5) is 0 Å². The lowest BCUT2D eigenvalue weighted by Gasteiger charge is -2.37. The zero-order valence-corrected chi connectivity index (χ0v) is 42.5. The average Bonchev–Trinajstić information content (AvgIpc) is 3.82. The number of piperidine rings is 1. The molecular weight excluding hydrogens is 892 g/mol. The van der Waals surface area contributed by atoms with Crippen molar-refractivity contribution in [2.45, 2.75) is 159 Å². The van der Waals surface area contributed by atoms with Gasteiger partial charge in [-0.3, -0.25) is 24.4 Å². The van der Waals surface area contributed by atoms with Crippen molar-refractivity contribution < 1.29 is 19.1 Å². The quantitative estimate of drug-likeness (QED) is 0.0956. The van der Waals surface area contributed by atoms with Crippen molar-refractivity contribution in [3.05, 3.63) is 88.0 Å². The molecule has 0 radical (unpaired) electrons. The Morgan fingerprint density at radius 1 is 0.956 bits per heavy atom. The van der Waals surface area contributed by atoms with Crippen LogP contribution in [0.25, 0.3) is 0 Å². The van der Waals surface area contributed by atoms with Crippen molar-refractivity contribution in [3.8, 4) is 11.8 Å². The lowest BCUT2D eigenvalue weighted by atomic mass is 9.84. The monoisotopic (exact) mass is 967 g/mol. The normalized spacial score (nSPS) is 32.5. The number of hydrogen-bond donors (Lipinski definition) is 4. The summed E-state index contributed by atoms with van der Waals surface area (Å²) in [5.41, 5.74) is 11.9. The molecule has 12 nitrogen and oxygen atoms in total. The van der Waals surface area contributed by atoms with Gasteiger partial charge in [0.1, 0.15) is 11.8 Å². The number of nitriles is 1. The van der Waals surface area contributed by atoms with E-state index >= 15 is 0 Å². The molecule has 9 atom stereocenters. The van der Waals surface area contributed by atoms with Gasteiger partial charge in [0.2, 0.25) is 11.8 Å². The molecule has 368 valence electrons. The van der Waals surface area contributed by atoms with Gasteiger partial charge < -0.3 is 20.1 Å². The molecule has 4 aliphatic heterocycles. The number of ether oxygens (including phenoxy) is 2. The van der Waals surface area contributed by atoms with Crippen LogP contribution in [-0.2, 0) is 20.7 Å². The van der Waals surface area contributed by atoms with Crippen molar-refractivity contribution in [1.82, 2.24) is 31.3 Å². The van der Waals surface area contributed by atoms with Crippen molar-refractivity contribution in [3.63, 3.8) is 0 Å². The molecule has 0 bridgehead atoms. The van der Waals surface area contributed by atoms with Gasteiger partial charge in [0.15, 0.2) is 0 Å². The predicted molar refractivity (Wildman–Crippen MR) is 273 cm³/mol. The predicted octanol–water partition coefficient (Wildman–Crippen LogP) is 8.54. The third kappa shape index (κ3) is 12.4. The minimum absolute atomic E-state index is 0.0428. The number of amides is 2. The maximum absolute atomic E-state index is 13.6. The van der Waals surface area contributed by atoms with Gasteiger partial charge in [-0.25, -0.2) is 10.9 Å². The first-order chi connectivity index (χ1) is 33.0. The molecule has 0 aromatic heterocycles. The minimum Gasteiger partial charge on any atom is -0.490 e. The second-order valence-electron chi connectivity index (χ2n) is 20.1. The Morgan fingerprint density at radius 3 is 2.46 bits per heavy atom. The lowest BCUT2D eigenvalue weighted by Crippen LogP contribution is -2.51. The van der Waals surface area contributed by atoms with Crippen LogP contribution < -0.4 is 26.2 Å². The van der Waals surface area contributed by atoms with E-state index in [2.05, 4.69) is 108 Å². The highest BCUT2D eigenvalue weighted by Crippen LogP contribution is 2.49. The number of benzene rings is 2. The second kappa shape index (κ2) is 23.9. The first-order valence-corrected chi connectivity index (χ1v) is 27.1. The fraction of sp³-hybridized carbons (Fsp3) is 0.630. The fourth-order valence-electron chi connectivity index (χ4n) is 11.3. The molecule has 68 heavy (non-hydrogen) atoms. The van der Waals surface area contributed by atoms with Crippen LogP contribution in [0.3, 0.4) is 0 Å². The first kappa shape index (κ1) is 50.6. The Morgan fingerprint density at radius 2 is 1.74 bits per heavy atom. The number of rotatable bonds is 16. The van der Waals surface area contributed by atoms with Crippen molar-refractivity contribution in [2.75, 3.05) is 32.8 Å². The zero-order chi connectivity index (χ0) is 47.7. The van der Waals surface area contributed by atoms with Crippen molar-refractivity contribution in [1.29, 1.82) is 5.26 Å². The average molecular weight is 968 g/mol. The zero-order valence-electron chi connectivity index (χ0n) is 40.9. The number of aliphatic imine (C=N–C) groups is 1. The molecule has 3 saturated heterocycles. The number of hydrogen-bond acceptors (Lipinski definition) is 11. The summed E-state index contributed by atoms with van der Waals surface area (Å²) in [6, 6.07) is 16.5. The molecule has 2 aromatic carbocycles. The summed E-state index contributed by atoms with van der Waals surface area (Å²) in [6.45, 7) is 15.1. The molecule has 2 aromatic rings. The highest BCUT2D eigenvalue weighted by atomic mass is 35.5. The smallest absolute Gasteiger partial charge is 0.246 e. The van der Waals surface area contributed by atoms with Gasteiger partial charge >= 0.3 is 0 Å². The van der Waals surface area contributed by atoms with E-state index in [0.29, 0.717) is 59.0 Å². The summed E-state index contributed by atoms with van der Waals surface area (Å²) < 4.78 is 12.7. The van der Waals surface area contributed by atoms with Gasteiger partial charge in [0, 0.05) is 67.3 Å². The number of allylic oxidation sites excluding steroid dienone is 2. The molecule has 8 rings (SSSR count). The molecule has 4 fully saturated rings. The van der Waals surface area contributed by atoms with Crippen LogP contribution in [0.1, 0.15) is 122 Å². The van der Waals surface area contributed by atoms with E-state index in [1.165, 1.54) is 11.1 Å². The maximum Gasteiger partial charge on any atom is 0.246 e. The summed E-state index contributed by atoms with van der Waals surface area (Å²) in [5.74, 6) is 2.23. The molecule has 8 unspecified atom stereocenters. The number of nitrogens with one attached hydrogen (secondary N) is 4. The Hall–Kier alpha value is -3.74. The lowest BCUT2D eigenvalue weighted by molar-refractivity contribution is -0.121. The number of fused-ring (bicyclic) bond motifs is 3. The number of likely N-dealkylation sites (tertiary alicyclic amines) is 1. The largest absolute Gasteiger partial charge is 0.490 e. The van der Waals surface area contributed by atoms with Gasteiger partial charge in [-0.1, -0.05) is 74.9 Å². The molecule has 1 saturated carbocycles. The summed E-state index contributed by atoms with van der Waals surface area (Å²) in [6.07, 6.45) is 18.3. The van der Waals surface area contributed by atoms with Gasteiger partial charge in [0.25, 0.3) is 0 Å². The van der Waals surface area contributed by atoms with Crippen LogP contribution in [0, 0.1) is 35.0 Å². The topological polar surface area (TPSA) is 143 Å². The second-order valence-corrected chi connectivity index (χ2v) is 22.0. The number of hydrazine groups is 1. The van der Waals surface area contributed by atoms with Crippen LogP contribution in [0.15, 0.2) is 71.3 Å². The van der Waals surface area contributed by atoms with Gasteiger partial charge in [-0.15, -0.1) is 11.8 Å². The van der Waals surface area contributed by atoms with E-state index < -0.39 is 0 Å². The fourth-order valence-corrected chi connectivity index (χ4v) is 13.4. The number of halogens is 1. The van der Waals surface area contributed by atoms with Crippen LogP contribution in [-0.4, -0.2) is 107 Å². The summed E-state index contributed by atoms with van der Waals surface area (Å²) >= 11 is 8.26. The van der Waals surface area contributed by atoms with E-state index in [1.54, 1.807) is 12.1 Å². The van der Waals surface area contributed by atoms with Gasteiger partial charge in [0.05, 0.1) is 53.0 Å². The molecule has 14 heteroatoms. The Balaban J connectivity index is 0.769. The number of carbonyl (C=O) groups is 2. The molecule has 4 N–H and O–H groups in total. The highest BCUT2D eigenvalue weighted by Gasteiger charge is 2.53. The summed E-state index contributed by atoms with van der Waals surface area (Å²) in [7, 11) is 0. The van der Waals surface area contributed by atoms with Gasteiger partial charge in [-0.2, -0.15) is 5.26 Å². The molecular formula is C54H75ClN8O4S. The van der Waals surface area contributed by atoms with Crippen LogP contribution >= 0.6 is 23.4 Å². The van der Waals surface area contributed by atoms with E-state index in [-0.39, 0.29) is 59.6 Å². The molecule has 2 amide bonds. The van der Waals surface area contributed by atoms with Crippen LogP contribution in [0.2, 0.25) is 5.02 Å². The number of nitrogens with zero attached hydrogens (tertiary/aromatic N) is 4. The maximum atomic E-state index is 13.6. The summed E-state index contributed by atoms with van der Waals surface area (Å²) in [5, 5.41) is 16.7. The molecule has 6 aliphatic rings. The molecule has 4 heterocycles. The third-order valence-corrected chi connectivity index (χ3v) is 17.5. The van der Waals surface area contributed by atoms with E-state index in [9.17, 15) is 9.59 Å². The first-order valence-electron chi connectivity index (χ1n) is 25.8. The van der Waals surface area contributed by atoms with Crippen molar-refractivity contribution >= 4 is 40.9 Å². The number of thioether (sulfide) groups is 1. The number of aryl methyl sites for hydroxylation is 1. The van der Waals surface area contributed by atoms with Gasteiger partial charge in [-0.05, 0) is 125 Å². The Kier molecular flexibility index (Phi) is 17.8.